The first-order valence-corrected chi connectivity index (χ1v) is 6.49. The lowest BCUT2D eigenvalue weighted by molar-refractivity contribution is -0.113. The number of carbonyl (C=O) groups is 1. The minimum Gasteiger partial charge on any atom is -0.493 e. The zero-order chi connectivity index (χ0) is 13.0. The molecule has 94 valence electrons. The fraction of sp³-hybridized carbons (Fsp3) is 0.125. The van der Waals surface area contributed by atoms with E-state index in [1.54, 1.807) is 0 Å². The highest BCUT2D eigenvalue weighted by Crippen LogP contribution is 2.14. The van der Waals surface area contributed by atoms with Gasteiger partial charge in [0.2, 0.25) is 16.9 Å². The molecule has 2 rings (SSSR count). The van der Waals surface area contributed by atoms with Crippen molar-refractivity contribution in [3.05, 3.63) is 21.9 Å². The summed E-state index contributed by atoms with van der Waals surface area (Å²) in [6.07, 6.45) is 0. The average molecular weight is 285 g/mol. The molecule has 0 saturated heterocycles. The number of amides is 1. The monoisotopic (exact) mass is 285 g/mol. The SMILES string of the molecule is O=C(CSc1nc(O)cc(=O)[nH]1)Nc1nncs1. The van der Waals surface area contributed by atoms with Gasteiger partial charge in [0.05, 0.1) is 11.8 Å². The molecule has 8 nitrogen and oxygen atoms in total. The highest BCUT2D eigenvalue weighted by molar-refractivity contribution is 7.99. The van der Waals surface area contributed by atoms with E-state index in [0.29, 0.717) is 5.13 Å². The Balaban J connectivity index is 1.91. The molecule has 0 fully saturated rings. The first kappa shape index (κ1) is 12.5. The van der Waals surface area contributed by atoms with E-state index in [0.717, 1.165) is 17.8 Å². The lowest BCUT2D eigenvalue weighted by atomic mass is 10.6. The molecule has 0 atom stereocenters. The molecule has 0 unspecified atom stereocenters. The predicted octanol–water partition coefficient (Wildman–Crippen LogP) is 0.0578. The summed E-state index contributed by atoms with van der Waals surface area (Å²) >= 11 is 2.20. The molecule has 2 heterocycles. The normalized spacial score (nSPS) is 10.2. The lowest BCUT2D eigenvalue weighted by Gasteiger charge is -2.01. The Kier molecular flexibility index (Phi) is 3.89. The maximum absolute atomic E-state index is 11.5. The van der Waals surface area contributed by atoms with Crippen molar-refractivity contribution in [1.29, 1.82) is 0 Å². The van der Waals surface area contributed by atoms with Crippen LogP contribution < -0.4 is 10.9 Å². The number of nitrogens with one attached hydrogen (secondary N) is 2. The van der Waals surface area contributed by atoms with Gasteiger partial charge in [-0.05, 0) is 0 Å². The van der Waals surface area contributed by atoms with Crippen molar-refractivity contribution in [1.82, 2.24) is 20.2 Å². The van der Waals surface area contributed by atoms with Crippen LogP contribution in [0.15, 0.2) is 21.5 Å². The van der Waals surface area contributed by atoms with Crippen molar-refractivity contribution < 1.29 is 9.90 Å². The molecule has 3 N–H and O–H groups in total. The molecular weight excluding hydrogens is 278 g/mol. The summed E-state index contributed by atoms with van der Waals surface area (Å²) in [7, 11) is 0. The number of hydrogen-bond donors (Lipinski definition) is 3. The molecule has 0 aliphatic carbocycles. The van der Waals surface area contributed by atoms with Gasteiger partial charge in [-0.2, -0.15) is 4.98 Å². The Morgan fingerprint density at radius 3 is 3.11 bits per heavy atom. The number of aromatic hydroxyl groups is 1. The summed E-state index contributed by atoms with van der Waals surface area (Å²) in [5, 5.41) is 19.4. The number of carbonyl (C=O) groups excluding carboxylic acids is 1. The van der Waals surface area contributed by atoms with Crippen molar-refractivity contribution in [2.75, 3.05) is 11.1 Å². The van der Waals surface area contributed by atoms with Crippen LogP contribution >= 0.6 is 23.1 Å². The maximum atomic E-state index is 11.5. The molecule has 0 saturated carbocycles. The molecule has 18 heavy (non-hydrogen) atoms. The first-order chi connectivity index (χ1) is 8.63. The Morgan fingerprint density at radius 1 is 1.61 bits per heavy atom. The van der Waals surface area contributed by atoms with Crippen LogP contribution in [0.1, 0.15) is 0 Å². The third-order valence-electron chi connectivity index (χ3n) is 1.65. The second-order valence-electron chi connectivity index (χ2n) is 2.99. The van der Waals surface area contributed by atoms with Gasteiger partial charge in [-0.3, -0.25) is 14.9 Å². The number of nitrogens with zero attached hydrogens (tertiary/aromatic N) is 3. The number of H-pyrrole nitrogens is 1. The number of aromatic amines is 1. The van der Waals surface area contributed by atoms with Gasteiger partial charge in [-0.25, -0.2) is 0 Å². The Labute approximate surface area is 108 Å². The third-order valence-corrected chi connectivity index (χ3v) is 3.13. The minimum atomic E-state index is -0.477. The van der Waals surface area contributed by atoms with Crippen LogP contribution in [0.4, 0.5) is 5.13 Å². The van der Waals surface area contributed by atoms with Gasteiger partial charge in [0.25, 0.3) is 5.56 Å². The van der Waals surface area contributed by atoms with E-state index in [1.807, 2.05) is 0 Å². The molecule has 0 aliphatic rings. The number of thioether (sulfide) groups is 1. The quantitative estimate of drug-likeness (QED) is 0.536. The van der Waals surface area contributed by atoms with Crippen LogP contribution in [0, 0.1) is 0 Å². The Morgan fingerprint density at radius 2 is 2.44 bits per heavy atom. The molecule has 0 spiro atoms. The number of aromatic nitrogens is 4. The zero-order valence-electron chi connectivity index (χ0n) is 8.78. The van der Waals surface area contributed by atoms with Gasteiger partial charge in [0.1, 0.15) is 5.51 Å². The molecule has 0 radical (unpaired) electrons. The molecule has 0 aliphatic heterocycles. The standard InChI is InChI=1S/C8H7N5O3S2/c14-4-1-5(15)11-7(10-4)17-2-6(16)12-8-13-9-3-18-8/h1,3H,2H2,(H,12,13,16)(H2,10,11,14,15). The van der Waals surface area contributed by atoms with Crippen molar-refractivity contribution in [2.24, 2.45) is 0 Å². The van der Waals surface area contributed by atoms with E-state index in [1.165, 1.54) is 16.8 Å². The number of hydrogen-bond acceptors (Lipinski definition) is 8. The summed E-state index contributed by atoms with van der Waals surface area (Å²) in [5.41, 5.74) is 1.02. The molecule has 2 aromatic heterocycles. The largest absolute Gasteiger partial charge is 0.493 e. The van der Waals surface area contributed by atoms with Gasteiger partial charge >= 0.3 is 0 Å². The summed E-state index contributed by atoms with van der Waals surface area (Å²) in [6, 6.07) is 0.950. The smallest absolute Gasteiger partial charge is 0.255 e. The molecule has 0 bridgehead atoms. The van der Waals surface area contributed by atoms with E-state index in [2.05, 4.69) is 25.5 Å². The van der Waals surface area contributed by atoms with Crippen molar-refractivity contribution in [3.63, 3.8) is 0 Å². The van der Waals surface area contributed by atoms with Crippen molar-refractivity contribution in [2.45, 2.75) is 5.16 Å². The highest BCUT2D eigenvalue weighted by Gasteiger charge is 2.07. The van der Waals surface area contributed by atoms with E-state index in [4.69, 9.17) is 5.11 Å². The second-order valence-corrected chi connectivity index (χ2v) is 4.79. The van der Waals surface area contributed by atoms with Crippen LogP contribution in [-0.4, -0.2) is 36.9 Å². The lowest BCUT2D eigenvalue weighted by Crippen LogP contribution is -2.15. The van der Waals surface area contributed by atoms with Gasteiger partial charge in [-0.15, -0.1) is 10.2 Å². The average Bonchev–Trinajstić information content (AvgIpc) is 2.78. The molecule has 2 aromatic rings. The predicted molar refractivity (Wildman–Crippen MR) is 65.8 cm³/mol. The maximum Gasteiger partial charge on any atom is 0.255 e. The van der Waals surface area contributed by atoms with Gasteiger partial charge in [0.15, 0.2) is 5.16 Å². The summed E-state index contributed by atoms with van der Waals surface area (Å²) in [6.45, 7) is 0. The van der Waals surface area contributed by atoms with E-state index in [-0.39, 0.29) is 22.7 Å². The second kappa shape index (κ2) is 5.60. The van der Waals surface area contributed by atoms with Crippen LogP contribution in [0.3, 0.4) is 0 Å². The van der Waals surface area contributed by atoms with Crippen LogP contribution in [0.2, 0.25) is 0 Å². The van der Waals surface area contributed by atoms with Crippen LogP contribution in [0.25, 0.3) is 0 Å². The molecule has 10 heteroatoms. The highest BCUT2D eigenvalue weighted by atomic mass is 32.2. The Hall–Kier alpha value is -1.94. The fourth-order valence-corrected chi connectivity index (χ4v) is 2.14. The van der Waals surface area contributed by atoms with Crippen molar-refractivity contribution in [3.8, 4) is 5.88 Å². The molecule has 0 aromatic carbocycles. The van der Waals surface area contributed by atoms with Crippen molar-refractivity contribution >= 4 is 34.1 Å². The van der Waals surface area contributed by atoms with Gasteiger partial charge in [0, 0.05) is 0 Å². The van der Waals surface area contributed by atoms with Crippen LogP contribution in [-0.2, 0) is 4.79 Å². The van der Waals surface area contributed by atoms with Crippen LogP contribution in [0.5, 0.6) is 5.88 Å². The van der Waals surface area contributed by atoms with Gasteiger partial charge in [-0.1, -0.05) is 23.1 Å². The molecular formula is C8H7N5O3S2. The summed E-state index contributed by atoms with van der Waals surface area (Å²) in [5.74, 6) is -0.653. The summed E-state index contributed by atoms with van der Waals surface area (Å²) < 4.78 is 0. The minimum absolute atomic E-state index is 0.0337. The Bertz CT molecular complexity index is 597. The van der Waals surface area contributed by atoms with E-state index >= 15 is 0 Å². The summed E-state index contributed by atoms with van der Waals surface area (Å²) in [4.78, 5) is 28.6. The first-order valence-electron chi connectivity index (χ1n) is 4.62. The number of rotatable bonds is 4. The third kappa shape index (κ3) is 3.53. The van der Waals surface area contributed by atoms with E-state index < -0.39 is 5.56 Å². The zero-order valence-corrected chi connectivity index (χ0v) is 10.4. The van der Waals surface area contributed by atoms with Gasteiger partial charge < -0.3 is 10.1 Å². The molecule has 1 amide bonds. The topological polar surface area (TPSA) is 121 Å². The van der Waals surface area contributed by atoms with E-state index in [9.17, 15) is 9.59 Å². The number of anilines is 1. The fourth-order valence-electron chi connectivity index (χ4n) is 1.01.